The Kier molecular flexibility index (Phi) is 14.6. The van der Waals surface area contributed by atoms with Crippen LogP contribution in [0.2, 0.25) is 0 Å². The van der Waals surface area contributed by atoms with Gasteiger partial charge >= 0.3 is 0 Å². The Balaban J connectivity index is 1.18. The fraction of sp³-hybridized carbons (Fsp3) is 0.0606. The van der Waals surface area contributed by atoms with E-state index >= 15 is 0 Å². The lowest BCUT2D eigenvalue weighted by atomic mass is 9.86. The van der Waals surface area contributed by atoms with E-state index < -0.39 is 0 Å². The van der Waals surface area contributed by atoms with Gasteiger partial charge in [-0.2, -0.15) is 0 Å². The van der Waals surface area contributed by atoms with Gasteiger partial charge in [-0.05, 0) is 130 Å². The van der Waals surface area contributed by atoms with Crippen LogP contribution in [0.1, 0.15) is 24.3 Å². The minimum Gasteiger partial charge on any atom is -0.318 e. The Labute approximate surface area is 403 Å². The van der Waals surface area contributed by atoms with Crippen molar-refractivity contribution in [2.45, 2.75) is 18.8 Å². The van der Waals surface area contributed by atoms with Crippen molar-refractivity contribution in [1.82, 2.24) is 0 Å². The summed E-state index contributed by atoms with van der Waals surface area (Å²) in [6.45, 7) is 8.57. The van der Waals surface area contributed by atoms with Gasteiger partial charge in [0, 0.05) is 40.6 Å². The van der Waals surface area contributed by atoms with E-state index in [2.05, 4.69) is 290 Å². The lowest BCUT2D eigenvalue weighted by Gasteiger charge is -2.29. The monoisotopic (exact) mass is 876 g/mol. The number of nitrogens with zero attached hydrogens (tertiary/aromatic N) is 2. The second kappa shape index (κ2) is 22.2. The second-order valence-corrected chi connectivity index (χ2v) is 16.9. The molecule has 9 rings (SSSR count). The maximum atomic E-state index is 4.40. The first-order valence-electron chi connectivity index (χ1n) is 23.5. The third-order valence-corrected chi connectivity index (χ3v) is 12.5. The summed E-state index contributed by atoms with van der Waals surface area (Å²) in [7, 11) is 0. The van der Waals surface area contributed by atoms with E-state index in [0.29, 0.717) is 5.92 Å². The lowest BCUT2D eigenvalue weighted by molar-refractivity contribution is 0.822. The first kappa shape index (κ1) is 44.7. The molecule has 8 aromatic rings. The van der Waals surface area contributed by atoms with Crippen molar-refractivity contribution >= 4 is 22.7 Å². The molecule has 0 radical (unpaired) electrons. The van der Waals surface area contributed by atoms with Gasteiger partial charge in [0.1, 0.15) is 0 Å². The molecule has 68 heavy (non-hydrogen) atoms. The molecule has 2 heteroatoms. The molecule has 0 fully saturated rings. The van der Waals surface area contributed by atoms with Crippen LogP contribution >= 0.6 is 0 Å². The van der Waals surface area contributed by atoms with E-state index in [9.17, 15) is 0 Å². The fourth-order valence-electron chi connectivity index (χ4n) is 8.99. The van der Waals surface area contributed by atoms with Gasteiger partial charge < -0.3 is 9.80 Å². The summed E-state index contributed by atoms with van der Waals surface area (Å²) in [6, 6.07) is 75.9. The van der Waals surface area contributed by atoms with Crippen LogP contribution in [0.15, 0.2) is 298 Å². The standard InChI is InChI=1S/C66H56N2/c1-3-52(53-28-13-6-14-29-53)36-24-48-67(60-37-21-10-22-38-60)61-44-42-58(43-45-61)66-64(56-32-17-8-18-33-56)49-63(50-65(66)57-34-19-9-20-35-57)68(59(4-2)39-23-27-51-25-11-5-12-26-51)62-46-40-55(41-47-62)54-30-15-7-16-31-54/h3-25,27-35,37-52H,1-2,26,36H2/b27-23+,48-24+,59-39+. The number of hydrogen-bond acceptors (Lipinski definition) is 2. The van der Waals surface area contributed by atoms with Crippen LogP contribution < -0.4 is 9.80 Å². The van der Waals surface area contributed by atoms with Gasteiger partial charge in [-0.25, -0.2) is 0 Å². The maximum Gasteiger partial charge on any atom is 0.0474 e. The summed E-state index contributed by atoms with van der Waals surface area (Å²) in [6.07, 6.45) is 25.7. The Morgan fingerprint density at radius 3 is 1.60 bits per heavy atom. The first-order valence-corrected chi connectivity index (χ1v) is 23.5. The molecule has 0 amide bonds. The van der Waals surface area contributed by atoms with E-state index in [4.69, 9.17) is 0 Å². The number of anilines is 4. The summed E-state index contributed by atoms with van der Waals surface area (Å²) in [4.78, 5) is 4.61. The van der Waals surface area contributed by atoms with Crippen molar-refractivity contribution in [3.8, 4) is 44.5 Å². The first-order chi connectivity index (χ1) is 33.7. The molecule has 1 aliphatic rings. The van der Waals surface area contributed by atoms with Crippen molar-refractivity contribution in [3.05, 3.63) is 304 Å². The van der Waals surface area contributed by atoms with Crippen molar-refractivity contribution < 1.29 is 0 Å². The summed E-state index contributed by atoms with van der Waals surface area (Å²) in [5.41, 5.74) is 15.6. The van der Waals surface area contributed by atoms with E-state index in [1.165, 1.54) is 16.7 Å². The molecule has 0 aromatic heterocycles. The molecule has 2 atom stereocenters. The molecule has 0 bridgehead atoms. The van der Waals surface area contributed by atoms with Crippen molar-refractivity contribution in [2.75, 3.05) is 9.80 Å². The predicted octanol–water partition coefficient (Wildman–Crippen LogP) is 18.3. The average Bonchev–Trinajstić information content (AvgIpc) is 3.42. The predicted molar refractivity (Wildman–Crippen MR) is 292 cm³/mol. The highest BCUT2D eigenvalue weighted by Crippen LogP contribution is 2.46. The maximum absolute atomic E-state index is 4.40. The Morgan fingerprint density at radius 2 is 1.04 bits per heavy atom. The third-order valence-electron chi connectivity index (χ3n) is 12.5. The summed E-state index contributed by atoms with van der Waals surface area (Å²) >= 11 is 0. The van der Waals surface area contributed by atoms with Crippen LogP contribution in [0.3, 0.4) is 0 Å². The molecule has 0 saturated carbocycles. The van der Waals surface area contributed by atoms with Gasteiger partial charge in [-0.15, -0.1) is 6.58 Å². The topological polar surface area (TPSA) is 6.48 Å². The largest absolute Gasteiger partial charge is 0.318 e. The Morgan fingerprint density at radius 1 is 0.529 bits per heavy atom. The van der Waals surface area contributed by atoms with E-state index in [1.54, 1.807) is 0 Å². The highest BCUT2D eigenvalue weighted by Gasteiger charge is 2.22. The molecule has 0 spiro atoms. The number of hydrogen-bond donors (Lipinski definition) is 0. The fourth-order valence-corrected chi connectivity index (χ4v) is 8.99. The molecular formula is C66H56N2. The highest BCUT2D eigenvalue weighted by atomic mass is 15.1. The number of para-hydroxylation sites is 1. The van der Waals surface area contributed by atoms with Crippen LogP contribution in [0, 0.1) is 5.92 Å². The van der Waals surface area contributed by atoms with Gasteiger partial charge in [0.15, 0.2) is 0 Å². The van der Waals surface area contributed by atoms with Crippen molar-refractivity contribution in [2.24, 2.45) is 5.92 Å². The third kappa shape index (κ3) is 10.6. The molecule has 0 aliphatic heterocycles. The van der Waals surface area contributed by atoms with Gasteiger partial charge in [-0.1, -0.05) is 219 Å². The molecule has 2 unspecified atom stereocenters. The van der Waals surface area contributed by atoms with Crippen LogP contribution in [-0.4, -0.2) is 0 Å². The molecule has 330 valence electrons. The average molecular weight is 877 g/mol. The van der Waals surface area contributed by atoms with E-state index in [0.717, 1.165) is 74.7 Å². The molecule has 0 N–H and O–H groups in total. The minimum atomic E-state index is 0.221. The van der Waals surface area contributed by atoms with E-state index in [-0.39, 0.29) is 5.92 Å². The molecule has 0 heterocycles. The van der Waals surface area contributed by atoms with Crippen molar-refractivity contribution in [3.63, 3.8) is 0 Å². The van der Waals surface area contributed by atoms with Gasteiger partial charge in [0.05, 0.1) is 0 Å². The summed E-state index contributed by atoms with van der Waals surface area (Å²) < 4.78 is 0. The number of allylic oxidation sites excluding steroid dienone is 10. The second-order valence-electron chi connectivity index (χ2n) is 16.9. The SMILES string of the molecule is C=C/C(=C\C=C\C1C=CC=CC1)N(c1ccc(-c2ccccc2)cc1)c1cc(-c2ccccc2)c(-c2ccc(N(/C=C/CC(C=C)c3ccccc3)c3ccccc3)cc2)c(-c2ccccc2)c1. The Hall–Kier alpha value is -8.46. The van der Waals surface area contributed by atoms with Gasteiger partial charge in [-0.3, -0.25) is 0 Å². The van der Waals surface area contributed by atoms with Crippen molar-refractivity contribution in [1.29, 1.82) is 0 Å². The minimum absolute atomic E-state index is 0.221. The highest BCUT2D eigenvalue weighted by molar-refractivity contribution is 5.98. The van der Waals surface area contributed by atoms with Crippen LogP contribution in [0.4, 0.5) is 22.7 Å². The summed E-state index contributed by atoms with van der Waals surface area (Å²) in [5.74, 6) is 0.569. The normalized spacial score (nSPS) is 13.9. The van der Waals surface area contributed by atoms with Gasteiger partial charge in [0.2, 0.25) is 0 Å². The quantitative estimate of drug-likeness (QED) is 0.0664. The molecule has 8 aromatic carbocycles. The molecule has 1 aliphatic carbocycles. The molecular weight excluding hydrogens is 821 g/mol. The van der Waals surface area contributed by atoms with Crippen LogP contribution in [0.25, 0.3) is 44.5 Å². The number of benzene rings is 8. The van der Waals surface area contributed by atoms with Crippen LogP contribution in [-0.2, 0) is 0 Å². The smallest absolute Gasteiger partial charge is 0.0474 e. The molecule has 0 saturated heterocycles. The zero-order valence-electron chi connectivity index (χ0n) is 38.4. The van der Waals surface area contributed by atoms with Crippen LogP contribution in [0.5, 0.6) is 0 Å². The number of rotatable bonds is 17. The zero-order valence-corrected chi connectivity index (χ0v) is 38.4. The van der Waals surface area contributed by atoms with E-state index in [1.807, 2.05) is 12.2 Å². The Bertz CT molecular complexity index is 2990. The molecule has 2 nitrogen and oxygen atoms in total. The zero-order chi connectivity index (χ0) is 46.3. The summed E-state index contributed by atoms with van der Waals surface area (Å²) in [5, 5.41) is 0. The van der Waals surface area contributed by atoms with Gasteiger partial charge in [0.25, 0.3) is 0 Å². The lowest BCUT2D eigenvalue weighted by Crippen LogP contribution is -2.15.